The van der Waals surface area contributed by atoms with Crippen molar-refractivity contribution in [2.75, 3.05) is 19.0 Å². The molecule has 0 radical (unpaired) electrons. The van der Waals surface area contributed by atoms with Gasteiger partial charge in [-0.15, -0.1) is 0 Å². The van der Waals surface area contributed by atoms with E-state index in [1.54, 1.807) is 7.11 Å². The van der Waals surface area contributed by atoms with Crippen LogP contribution >= 0.6 is 0 Å². The van der Waals surface area contributed by atoms with Crippen LogP contribution < -0.4 is 5.32 Å². The third-order valence-corrected chi connectivity index (χ3v) is 2.99. The zero-order valence-corrected chi connectivity index (χ0v) is 12.4. The van der Waals surface area contributed by atoms with Crippen molar-refractivity contribution in [2.24, 2.45) is 5.92 Å². The molecule has 18 heavy (non-hydrogen) atoms. The van der Waals surface area contributed by atoms with Gasteiger partial charge < -0.3 is 14.6 Å². The summed E-state index contributed by atoms with van der Waals surface area (Å²) in [5, 5.41) is 3.49. The molecule has 0 saturated carbocycles. The Kier molecular flexibility index (Phi) is 6.19. The van der Waals surface area contributed by atoms with E-state index in [0.29, 0.717) is 12.6 Å². The molecule has 4 nitrogen and oxygen atoms in total. The van der Waals surface area contributed by atoms with Crippen LogP contribution in [-0.2, 0) is 11.3 Å². The van der Waals surface area contributed by atoms with E-state index >= 15 is 0 Å². The van der Waals surface area contributed by atoms with E-state index in [1.807, 2.05) is 6.92 Å². The number of nitrogens with one attached hydrogen (secondary N) is 1. The van der Waals surface area contributed by atoms with Gasteiger partial charge in [0.25, 0.3) is 0 Å². The van der Waals surface area contributed by atoms with E-state index in [1.165, 1.54) is 12.8 Å². The molecule has 0 bridgehead atoms. The molecule has 0 saturated heterocycles. The van der Waals surface area contributed by atoms with Gasteiger partial charge >= 0.3 is 0 Å². The van der Waals surface area contributed by atoms with Crippen molar-refractivity contribution < 1.29 is 4.74 Å². The van der Waals surface area contributed by atoms with E-state index in [-0.39, 0.29) is 0 Å². The molecular formula is C14H27N3O. The molecule has 0 amide bonds. The molecule has 0 aliphatic rings. The molecule has 1 heterocycles. The fourth-order valence-electron chi connectivity index (χ4n) is 1.90. The lowest BCUT2D eigenvalue weighted by molar-refractivity contribution is 0.187. The first-order valence-corrected chi connectivity index (χ1v) is 6.82. The zero-order valence-electron chi connectivity index (χ0n) is 12.4. The van der Waals surface area contributed by atoms with Gasteiger partial charge in [-0.25, -0.2) is 4.98 Å². The average Bonchev–Trinajstić information content (AvgIpc) is 2.64. The summed E-state index contributed by atoms with van der Waals surface area (Å²) in [6.45, 7) is 10.3. The minimum atomic E-state index is 0.454. The highest BCUT2D eigenvalue weighted by Crippen LogP contribution is 2.13. The van der Waals surface area contributed by atoms with Gasteiger partial charge in [-0.3, -0.25) is 0 Å². The third-order valence-electron chi connectivity index (χ3n) is 2.99. The van der Waals surface area contributed by atoms with E-state index in [4.69, 9.17) is 4.74 Å². The molecule has 0 spiro atoms. The van der Waals surface area contributed by atoms with Crippen LogP contribution in [0.25, 0.3) is 0 Å². The van der Waals surface area contributed by atoms with Gasteiger partial charge in [0, 0.05) is 25.9 Å². The lowest BCUT2D eigenvalue weighted by Gasteiger charge is -2.16. The van der Waals surface area contributed by atoms with Gasteiger partial charge in [0.05, 0.1) is 12.3 Å². The van der Waals surface area contributed by atoms with Gasteiger partial charge in [-0.1, -0.05) is 13.8 Å². The highest BCUT2D eigenvalue weighted by atomic mass is 16.5. The predicted octanol–water partition coefficient (Wildman–Crippen LogP) is 3.07. The lowest BCUT2D eigenvalue weighted by Crippen LogP contribution is -2.19. The first-order chi connectivity index (χ1) is 8.52. The summed E-state index contributed by atoms with van der Waals surface area (Å²) in [6, 6.07) is 0.454. The Hall–Kier alpha value is -1.03. The van der Waals surface area contributed by atoms with Crippen LogP contribution in [0.15, 0.2) is 6.20 Å². The topological polar surface area (TPSA) is 39.1 Å². The van der Waals surface area contributed by atoms with Crippen LogP contribution in [-0.4, -0.2) is 29.3 Å². The van der Waals surface area contributed by atoms with Crippen LogP contribution in [0.5, 0.6) is 0 Å². The number of hydrogen-bond donors (Lipinski definition) is 1. The minimum Gasteiger partial charge on any atom is -0.383 e. The monoisotopic (exact) mass is 253 g/mol. The Balaban J connectivity index is 2.54. The SMILES string of the molecule is COCCn1cc(C)nc1NC(C)CCC(C)C. The van der Waals surface area contributed by atoms with Crippen molar-refractivity contribution in [1.29, 1.82) is 0 Å². The molecule has 1 unspecified atom stereocenters. The van der Waals surface area contributed by atoms with Crippen LogP contribution in [0.1, 0.15) is 39.3 Å². The summed E-state index contributed by atoms with van der Waals surface area (Å²) in [5.41, 5.74) is 1.05. The largest absolute Gasteiger partial charge is 0.383 e. The van der Waals surface area contributed by atoms with Crippen LogP contribution in [0, 0.1) is 12.8 Å². The molecule has 1 rings (SSSR count). The molecule has 0 aromatic carbocycles. The van der Waals surface area contributed by atoms with Gasteiger partial charge in [-0.2, -0.15) is 0 Å². The summed E-state index contributed by atoms with van der Waals surface area (Å²) < 4.78 is 7.25. The second-order valence-electron chi connectivity index (χ2n) is 5.41. The smallest absolute Gasteiger partial charge is 0.203 e. The number of anilines is 1. The number of imidazole rings is 1. The Bertz CT molecular complexity index is 347. The fraction of sp³-hybridized carbons (Fsp3) is 0.786. The van der Waals surface area contributed by atoms with Gasteiger partial charge in [-0.05, 0) is 32.6 Å². The Morgan fingerprint density at radius 2 is 2.06 bits per heavy atom. The summed E-state index contributed by atoms with van der Waals surface area (Å²) in [7, 11) is 1.72. The van der Waals surface area contributed by atoms with E-state index in [9.17, 15) is 0 Å². The average molecular weight is 253 g/mol. The summed E-state index contributed by atoms with van der Waals surface area (Å²) in [6.07, 6.45) is 4.48. The third kappa shape index (κ3) is 5.08. The minimum absolute atomic E-state index is 0.454. The van der Waals surface area contributed by atoms with E-state index < -0.39 is 0 Å². The molecule has 1 aromatic heterocycles. The summed E-state index contributed by atoms with van der Waals surface area (Å²) >= 11 is 0. The zero-order chi connectivity index (χ0) is 13.5. The van der Waals surface area contributed by atoms with Crippen molar-refractivity contribution in [3.05, 3.63) is 11.9 Å². The van der Waals surface area contributed by atoms with Crippen molar-refractivity contribution in [2.45, 2.75) is 53.1 Å². The first-order valence-electron chi connectivity index (χ1n) is 6.82. The van der Waals surface area contributed by atoms with Gasteiger partial charge in [0.2, 0.25) is 5.95 Å². The normalized spacial score (nSPS) is 13.0. The maximum Gasteiger partial charge on any atom is 0.203 e. The van der Waals surface area contributed by atoms with E-state index in [2.05, 4.69) is 41.8 Å². The van der Waals surface area contributed by atoms with Gasteiger partial charge in [0.15, 0.2) is 0 Å². The highest BCUT2D eigenvalue weighted by molar-refractivity contribution is 5.29. The molecule has 0 aliphatic carbocycles. The standard InChI is InChI=1S/C14H27N3O/c1-11(2)6-7-12(3)15-14-16-13(4)10-17(14)8-9-18-5/h10-12H,6-9H2,1-5H3,(H,15,16). The maximum absolute atomic E-state index is 5.12. The molecule has 104 valence electrons. The summed E-state index contributed by atoms with van der Waals surface area (Å²) in [5.74, 6) is 1.71. The van der Waals surface area contributed by atoms with Crippen molar-refractivity contribution in [3.8, 4) is 0 Å². The number of aromatic nitrogens is 2. The number of hydrogen-bond acceptors (Lipinski definition) is 3. The number of rotatable bonds is 8. The van der Waals surface area contributed by atoms with Crippen molar-refractivity contribution in [1.82, 2.24) is 9.55 Å². The Morgan fingerprint density at radius 3 is 2.67 bits per heavy atom. The fourth-order valence-corrected chi connectivity index (χ4v) is 1.90. The van der Waals surface area contributed by atoms with Crippen LogP contribution in [0.2, 0.25) is 0 Å². The van der Waals surface area contributed by atoms with Crippen LogP contribution in [0.4, 0.5) is 5.95 Å². The van der Waals surface area contributed by atoms with Crippen LogP contribution in [0.3, 0.4) is 0 Å². The highest BCUT2D eigenvalue weighted by Gasteiger charge is 2.09. The molecule has 1 atom stereocenters. The number of ether oxygens (including phenoxy) is 1. The Morgan fingerprint density at radius 1 is 1.33 bits per heavy atom. The predicted molar refractivity (Wildman–Crippen MR) is 76.0 cm³/mol. The Labute approximate surface area is 111 Å². The quantitative estimate of drug-likeness (QED) is 0.774. The second-order valence-corrected chi connectivity index (χ2v) is 5.41. The molecule has 0 aliphatic heterocycles. The molecule has 1 N–H and O–H groups in total. The number of aryl methyl sites for hydroxylation is 1. The molecule has 0 fully saturated rings. The maximum atomic E-state index is 5.12. The molecule has 4 heteroatoms. The van der Waals surface area contributed by atoms with Crippen molar-refractivity contribution in [3.63, 3.8) is 0 Å². The van der Waals surface area contributed by atoms with E-state index in [0.717, 1.165) is 24.1 Å². The summed E-state index contributed by atoms with van der Waals surface area (Å²) in [4.78, 5) is 4.53. The number of methoxy groups -OCH3 is 1. The van der Waals surface area contributed by atoms with Crippen molar-refractivity contribution >= 4 is 5.95 Å². The molecule has 1 aromatic rings. The number of nitrogens with zero attached hydrogens (tertiary/aromatic N) is 2. The van der Waals surface area contributed by atoms with Gasteiger partial charge in [0.1, 0.15) is 0 Å². The lowest BCUT2D eigenvalue weighted by atomic mass is 10.0. The molecular weight excluding hydrogens is 226 g/mol. The second kappa shape index (κ2) is 7.41. The first kappa shape index (κ1) is 15.0.